The number of aromatic nitrogens is 7. The smallest absolute Gasteiger partial charge is 0.275 e. The lowest BCUT2D eigenvalue weighted by Crippen LogP contribution is -2.28. The number of anilines is 1. The van der Waals surface area contributed by atoms with Crippen molar-refractivity contribution in [2.45, 2.75) is 0 Å². The minimum absolute atomic E-state index is 0.0413. The molecule has 4 aromatic rings. The van der Waals surface area contributed by atoms with E-state index in [2.05, 4.69) is 35.2 Å². The zero-order valence-electron chi connectivity index (χ0n) is 12.1. The van der Waals surface area contributed by atoms with E-state index in [9.17, 15) is 14.7 Å². The summed E-state index contributed by atoms with van der Waals surface area (Å²) < 4.78 is 1.03. The number of imidazole rings is 1. The number of aromatic amines is 1. The van der Waals surface area contributed by atoms with Gasteiger partial charge in [0.25, 0.3) is 11.5 Å². The molecular weight excluding hydrogens is 352 g/mol. The summed E-state index contributed by atoms with van der Waals surface area (Å²) in [6.07, 6.45) is 4.14. The number of rotatable bonds is 2. The summed E-state index contributed by atoms with van der Waals surface area (Å²) in [5, 5.41) is 12.3. The summed E-state index contributed by atoms with van der Waals surface area (Å²) in [5.74, 6) is -1.92. The quantitative estimate of drug-likeness (QED) is 0.434. The number of H-pyrrole nitrogens is 1. The van der Waals surface area contributed by atoms with E-state index in [1.807, 2.05) is 0 Å². The molecule has 12 heteroatoms. The maximum Gasteiger partial charge on any atom is 0.275 e. The number of halogens is 1. The second-order valence-corrected chi connectivity index (χ2v) is 5.16. The van der Waals surface area contributed by atoms with Crippen LogP contribution >= 0.6 is 11.6 Å². The van der Waals surface area contributed by atoms with Crippen LogP contribution in [0.4, 0.5) is 5.95 Å². The Morgan fingerprint density at radius 1 is 1.28 bits per heavy atom. The van der Waals surface area contributed by atoms with E-state index in [-0.39, 0.29) is 22.5 Å². The average Bonchev–Trinajstić information content (AvgIpc) is 3.04. The summed E-state index contributed by atoms with van der Waals surface area (Å²) in [7, 11) is 0. The van der Waals surface area contributed by atoms with Crippen LogP contribution in [0.5, 0.6) is 5.88 Å². The fourth-order valence-corrected chi connectivity index (χ4v) is 2.41. The van der Waals surface area contributed by atoms with Gasteiger partial charge in [0.1, 0.15) is 5.52 Å². The molecule has 4 heterocycles. The minimum atomic E-state index is -0.945. The molecule has 0 spiro atoms. The Kier molecular flexibility index (Phi) is 3.28. The lowest BCUT2D eigenvalue weighted by Gasteiger charge is -2.06. The summed E-state index contributed by atoms with van der Waals surface area (Å²) >= 11 is 5.96. The van der Waals surface area contributed by atoms with Crippen LogP contribution in [0.1, 0.15) is 10.4 Å². The monoisotopic (exact) mass is 358 g/mol. The highest BCUT2D eigenvalue weighted by molar-refractivity contribution is 6.33. The maximum absolute atomic E-state index is 12.4. The molecule has 4 aromatic heterocycles. The molecule has 0 bridgehead atoms. The Hall–Kier alpha value is -3.60. The van der Waals surface area contributed by atoms with Gasteiger partial charge in [-0.05, 0) is 6.07 Å². The third kappa shape index (κ3) is 2.42. The fraction of sp³-hybridized carbons (Fsp3) is 0. The van der Waals surface area contributed by atoms with Crippen molar-refractivity contribution in [2.24, 2.45) is 0 Å². The highest BCUT2D eigenvalue weighted by Crippen LogP contribution is 2.19. The Morgan fingerprint density at radius 3 is 2.96 bits per heavy atom. The molecule has 25 heavy (non-hydrogen) atoms. The zero-order chi connectivity index (χ0) is 17.6. The first kappa shape index (κ1) is 15.0. The highest BCUT2D eigenvalue weighted by Gasteiger charge is 2.21. The van der Waals surface area contributed by atoms with Gasteiger partial charge in [-0.2, -0.15) is 15.0 Å². The summed E-state index contributed by atoms with van der Waals surface area (Å²) in [5.41, 5.74) is -0.731. The van der Waals surface area contributed by atoms with Crippen LogP contribution in [0.25, 0.3) is 16.9 Å². The van der Waals surface area contributed by atoms with Gasteiger partial charge >= 0.3 is 0 Å². The van der Waals surface area contributed by atoms with Crippen LogP contribution in [0, 0.1) is 0 Å². The predicted molar refractivity (Wildman–Crippen MR) is 85.6 cm³/mol. The maximum atomic E-state index is 12.4. The van der Waals surface area contributed by atoms with Crippen molar-refractivity contribution in [1.82, 2.24) is 34.3 Å². The molecule has 0 aliphatic rings. The van der Waals surface area contributed by atoms with Crippen LogP contribution in [0.15, 0.2) is 29.6 Å². The number of nitrogens with one attached hydrogen (secondary N) is 2. The molecule has 0 aliphatic carbocycles. The number of carbonyl (C=O) groups excluding carboxylic acids is 1. The molecule has 0 atom stereocenters. The molecule has 3 N–H and O–H groups in total. The van der Waals surface area contributed by atoms with Crippen molar-refractivity contribution in [3.63, 3.8) is 0 Å². The van der Waals surface area contributed by atoms with E-state index in [0.29, 0.717) is 5.52 Å². The van der Waals surface area contributed by atoms with Gasteiger partial charge in [-0.25, -0.2) is 9.97 Å². The Balaban J connectivity index is 1.78. The molecule has 11 nitrogen and oxygen atoms in total. The molecule has 0 fully saturated rings. The van der Waals surface area contributed by atoms with Gasteiger partial charge in [0.2, 0.25) is 17.6 Å². The second kappa shape index (κ2) is 5.49. The minimum Gasteiger partial charge on any atom is -0.492 e. The molecule has 0 unspecified atom stereocenters. The van der Waals surface area contributed by atoms with Crippen molar-refractivity contribution in [3.8, 4) is 5.88 Å². The van der Waals surface area contributed by atoms with Gasteiger partial charge in [0.05, 0.1) is 6.33 Å². The van der Waals surface area contributed by atoms with E-state index in [1.54, 1.807) is 0 Å². The molecule has 0 radical (unpaired) electrons. The molecule has 1 amide bonds. The number of hydrogen-bond donors (Lipinski definition) is 3. The Labute approximate surface area is 142 Å². The number of hydrogen-bond acceptors (Lipinski definition) is 8. The normalized spacial score (nSPS) is 11.1. The topological polar surface area (TPSA) is 151 Å². The third-order valence-electron chi connectivity index (χ3n) is 3.28. The molecule has 0 aliphatic heterocycles. The highest BCUT2D eigenvalue weighted by atomic mass is 35.5. The van der Waals surface area contributed by atoms with Gasteiger partial charge in [0.15, 0.2) is 16.4 Å². The third-order valence-corrected chi connectivity index (χ3v) is 3.56. The summed E-state index contributed by atoms with van der Waals surface area (Å²) in [4.78, 5) is 46.9. The van der Waals surface area contributed by atoms with Crippen LogP contribution in [0.2, 0.25) is 5.15 Å². The first-order valence-electron chi connectivity index (χ1n) is 6.79. The van der Waals surface area contributed by atoms with Crippen molar-refractivity contribution >= 4 is 40.4 Å². The lowest BCUT2D eigenvalue weighted by atomic mass is 10.3. The predicted octanol–water partition coefficient (Wildman–Crippen LogP) is 0.367. The fourth-order valence-electron chi connectivity index (χ4n) is 2.19. The largest absolute Gasteiger partial charge is 0.492 e. The second-order valence-electron chi connectivity index (χ2n) is 4.80. The number of carbonyl (C=O) groups is 1. The molecule has 0 saturated heterocycles. The number of nitrogens with zero attached hydrogens (tertiary/aromatic N) is 6. The van der Waals surface area contributed by atoms with Crippen molar-refractivity contribution in [2.75, 3.05) is 5.32 Å². The first-order valence-corrected chi connectivity index (χ1v) is 7.16. The number of fused-ring (bicyclic) bond motifs is 2. The molecule has 4 rings (SSSR count). The number of amides is 1. The van der Waals surface area contributed by atoms with Crippen molar-refractivity contribution < 1.29 is 9.90 Å². The first-order chi connectivity index (χ1) is 12.0. The van der Waals surface area contributed by atoms with Crippen molar-refractivity contribution in [3.05, 3.63) is 45.9 Å². The standard InChI is InChI=1S/C13H7ClN8O3/c14-7-6-8(17-4-16-6)19-12(18-7)20-9(23)5-10(24)21-13-15-2-1-3-22(13)11(5)25/h1-4,24H,(H2,16,17,18,19,20,23). The Morgan fingerprint density at radius 2 is 2.12 bits per heavy atom. The van der Waals surface area contributed by atoms with Gasteiger partial charge in [-0.3, -0.25) is 19.3 Å². The summed E-state index contributed by atoms with van der Waals surface area (Å²) in [6, 6.07) is 1.49. The van der Waals surface area contributed by atoms with Crippen LogP contribution < -0.4 is 10.9 Å². The van der Waals surface area contributed by atoms with E-state index in [1.165, 1.54) is 24.8 Å². The van der Waals surface area contributed by atoms with E-state index < -0.39 is 22.9 Å². The van der Waals surface area contributed by atoms with E-state index in [0.717, 1.165) is 4.40 Å². The van der Waals surface area contributed by atoms with Crippen LogP contribution in [-0.4, -0.2) is 45.3 Å². The number of aromatic hydroxyl groups is 1. The zero-order valence-corrected chi connectivity index (χ0v) is 12.9. The van der Waals surface area contributed by atoms with Gasteiger partial charge in [-0.15, -0.1) is 0 Å². The van der Waals surface area contributed by atoms with E-state index >= 15 is 0 Å². The van der Waals surface area contributed by atoms with E-state index in [4.69, 9.17) is 11.6 Å². The van der Waals surface area contributed by atoms with Gasteiger partial charge < -0.3 is 10.1 Å². The lowest BCUT2D eigenvalue weighted by molar-refractivity contribution is 0.102. The van der Waals surface area contributed by atoms with Gasteiger partial charge in [-0.1, -0.05) is 11.6 Å². The van der Waals surface area contributed by atoms with Crippen molar-refractivity contribution in [1.29, 1.82) is 0 Å². The molecule has 0 aromatic carbocycles. The summed E-state index contributed by atoms with van der Waals surface area (Å²) in [6.45, 7) is 0. The molecule has 0 saturated carbocycles. The molecular formula is C13H7ClN8O3. The SMILES string of the molecule is O=C(Nc1nc(Cl)c2[nH]cnc2n1)c1c(O)nc2ncccn2c1=O. The van der Waals surface area contributed by atoms with Crippen LogP contribution in [0.3, 0.4) is 0 Å². The average molecular weight is 359 g/mol. The Bertz CT molecular complexity index is 1200. The van der Waals surface area contributed by atoms with Gasteiger partial charge in [0, 0.05) is 12.4 Å². The molecule has 124 valence electrons. The van der Waals surface area contributed by atoms with Crippen LogP contribution in [-0.2, 0) is 0 Å².